The van der Waals surface area contributed by atoms with Crippen molar-refractivity contribution in [2.24, 2.45) is 0 Å². The van der Waals surface area contributed by atoms with Crippen LogP contribution in [0.25, 0.3) is 0 Å². The molecule has 0 aliphatic carbocycles. The molecule has 6 heteroatoms. The third-order valence-corrected chi connectivity index (χ3v) is 4.30. The third-order valence-electron chi connectivity index (χ3n) is 4.30. The van der Waals surface area contributed by atoms with Crippen molar-refractivity contribution >= 4 is 18.4 Å². The fraction of sp³-hybridized carbons (Fsp3) is 0.409. The Labute approximate surface area is 173 Å². The van der Waals surface area contributed by atoms with Crippen LogP contribution in [0.4, 0.5) is 0 Å². The minimum Gasteiger partial charge on any atom is -0.497 e. The number of methoxy groups -OCH3 is 1. The number of nitrogens with one attached hydrogen (secondary N) is 1. The van der Waals surface area contributed by atoms with Crippen LogP contribution >= 0.6 is 12.4 Å². The predicted molar refractivity (Wildman–Crippen MR) is 114 cm³/mol. The van der Waals surface area contributed by atoms with E-state index in [2.05, 4.69) is 29.6 Å². The van der Waals surface area contributed by atoms with Crippen LogP contribution in [-0.2, 0) is 17.6 Å². The summed E-state index contributed by atoms with van der Waals surface area (Å²) in [5.41, 5.74) is 2.55. The second-order valence-electron chi connectivity index (χ2n) is 6.44. The zero-order valence-electron chi connectivity index (χ0n) is 16.4. The number of carboxylic acids is 1. The number of aryl methyl sites for hydroxylation is 2. The summed E-state index contributed by atoms with van der Waals surface area (Å²) >= 11 is 0. The van der Waals surface area contributed by atoms with E-state index in [1.807, 2.05) is 24.3 Å². The molecule has 154 valence electrons. The first-order valence-corrected chi connectivity index (χ1v) is 9.44. The maximum Gasteiger partial charge on any atom is 0.304 e. The van der Waals surface area contributed by atoms with Crippen molar-refractivity contribution in [2.45, 2.75) is 32.1 Å². The van der Waals surface area contributed by atoms with Crippen LogP contribution in [-0.4, -0.2) is 37.9 Å². The first-order valence-electron chi connectivity index (χ1n) is 9.44. The van der Waals surface area contributed by atoms with E-state index in [1.54, 1.807) is 7.11 Å². The minimum atomic E-state index is -0.762. The van der Waals surface area contributed by atoms with Crippen molar-refractivity contribution in [1.82, 2.24) is 5.32 Å². The van der Waals surface area contributed by atoms with Gasteiger partial charge in [-0.15, -0.1) is 12.4 Å². The fourth-order valence-electron chi connectivity index (χ4n) is 2.75. The van der Waals surface area contributed by atoms with E-state index in [1.165, 1.54) is 11.1 Å². The van der Waals surface area contributed by atoms with E-state index in [0.717, 1.165) is 43.7 Å². The number of carbonyl (C=O) groups is 1. The molecule has 2 rings (SSSR count). The lowest BCUT2D eigenvalue weighted by Gasteiger charge is -2.08. The number of carboxylic acid groups (broad SMARTS) is 1. The molecular weight excluding hydrogens is 378 g/mol. The molecule has 2 aromatic rings. The van der Waals surface area contributed by atoms with Crippen LogP contribution in [0.2, 0.25) is 0 Å². The molecule has 0 heterocycles. The lowest BCUT2D eigenvalue weighted by Crippen LogP contribution is -2.19. The molecule has 0 atom stereocenters. The second-order valence-corrected chi connectivity index (χ2v) is 6.44. The molecule has 0 radical (unpaired) electrons. The van der Waals surface area contributed by atoms with Crippen molar-refractivity contribution < 1.29 is 19.4 Å². The van der Waals surface area contributed by atoms with Gasteiger partial charge in [0, 0.05) is 6.54 Å². The SMILES string of the molecule is COc1ccc(CCCOc2ccc(CCCNCCC(=O)O)cc2)cc1.Cl. The Hall–Kier alpha value is -2.24. The molecule has 0 aliphatic heterocycles. The van der Waals surface area contributed by atoms with Gasteiger partial charge >= 0.3 is 5.97 Å². The van der Waals surface area contributed by atoms with E-state index >= 15 is 0 Å². The number of rotatable bonds is 13. The highest BCUT2D eigenvalue weighted by atomic mass is 35.5. The van der Waals surface area contributed by atoms with Gasteiger partial charge in [0.1, 0.15) is 11.5 Å². The van der Waals surface area contributed by atoms with Crippen molar-refractivity contribution in [3.05, 3.63) is 59.7 Å². The van der Waals surface area contributed by atoms with Gasteiger partial charge in [0.25, 0.3) is 0 Å². The summed E-state index contributed by atoms with van der Waals surface area (Å²) in [6, 6.07) is 16.4. The molecule has 0 bridgehead atoms. The molecule has 0 aliphatic rings. The van der Waals surface area contributed by atoms with Crippen LogP contribution in [0.15, 0.2) is 48.5 Å². The highest BCUT2D eigenvalue weighted by molar-refractivity contribution is 5.85. The van der Waals surface area contributed by atoms with Crippen molar-refractivity contribution in [3.63, 3.8) is 0 Å². The molecule has 28 heavy (non-hydrogen) atoms. The zero-order chi connectivity index (χ0) is 19.3. The summed E-state index contributed by atoms with van der Waals surface area (Å²) < 4.78 is 11.0. The summed E-state index contributed by atoms with van der Waals surface area (Å²) in [6.07, 6.45) is 4.08. The molecule has 0 saturated carbocycles. The van der Waals surface area contributed by atoms with Gasteiger partial charge in [-0.05, 0) is 67.6 Å². The van der Waals surface area contributed by atoms with Gasteiger partial charge in [-0.3, -0.25) is 4.79 Å². The summed E-state index contributed by atoms with van der Waals surface area (Å²) in [5, 5.41) is 11.7. The van der Waals surface area contributed by atoms with E-state index < -0.39 is 5.97 Å². The molecule has 0 saturated heterocycles. The maximum atomic E-state index is 10.4. The molecule has 2 aromatic carbocycles. The predicted octanol–water partition coefficient (Wildman–Crippen LogP) is 4.13. The highest BCUT2D eigenvalue weighted by Crippen LogP contribution is 2.15. The van der Waals surface area contributed by atoms with Crippen molar-refractivity contribution in [1.29, 1.82) is 0 Å². The number of aliphatic carboxylic acids is 1. The van der Waals surface area contributed by atoms with Gasteiger partial charge in [0.15, 0.2) is 0 Å². The van der Waals surface area contributed by atoms with Crippen LogP contribution < -0.4 is 14.8 Å². The Kier molecular flexibility index (Phi) is 11.8. The molecule has 0 aromatic heterocycles. The number of hydrogen-bond acceptors (Lipinski definition) is 4. The van der Waals surface area contributed by atoms with Crippen LogP contribution in [0.5, 0.6) is 11.5 Å². The Bertz CT molecular complexity index is 674. The maximum absolute atomic E-state index is 10.4. The lowest BCUT2D eigenvalue weighted by atomic mass is 10.1. The van der Waals surface area contributed by atoms with E-state index in [-0.39, 0.29) is 18.8 Å². The normalized spacial score (nSPS) is 10.2. The van der Waals surface area contributed by atoms with Gasteiger partial charge in [-0.1, -0.05) is 24.3 Å². The van der Waals surface area contributed by atoms with E-state index in [9.17, 15) is 4.79 Å². The first kappa shape index (κ1) is 23.8. The van der Waals surface area contributed by atoms with Gasteiger partial charge in [0.05, 0.1) is 20.1 Å². The number of benzene rings is 2. The molecule has 2 N–H and O–H groups in total. The van der Waals surface area contributed by atoms with Gasteiger partial charge in [-0.2, -0.15) is 0 Å². The third kappa shape index (κ3) is 9.62. The molecule has 0 fully saturated rings. The molecule has 0 spiro atoms. The van der Waals surface area contributed by atoms with Gasteiger partial charge < -0.3 is 19.9 Å². The summed E-state index contributed by atoms with van der Waals surface area (Å²) in [6.45, 7) is 2.05. The summed E-state index contributed by atoms with van der Waals surface area (Å²) in [5.74, 6) is 1.02. The van der Waals surface area contributed by atoms with Crippen LogP contribution in [0.1, 0.15) is 30.4 Å². The first-order chi connectivity index (χ1) is 13.2. The van der Waals surface area contributed by atoms with E-state index in [0.29, 0.717) is 13.2 Å². The zero-order valence-corrected chi connectivity index (χ0v) is 17.2. The minimum absolute atomic E-state index is 0. The lowest BCUT2D eigenvalue weighted by molar-refractivity contribution is -0.136. The number of halogens is 1. The van der Waals surface area contributed by atoms with E-state index in [4.69, 9.17) is 14.6 Å². The smallest absolute Gasteiger partial charge is 0.304 e. The van der Waals surface area contributed by atoms with Gasteiger partial charge in [0.2, 0.25) is 0 Å². The Morgan fingerprint density at radius 1 is 0.893 bits per heavy atom. The van der Waals surface area contributed by atoms with Crippen molar-refractivity contribution in [3.8, 4) is 11.5 Å². The summed E-state index contributed by atoms with van der Waals surface area (Å²) in [4.78, 5) is 10.4. The fourth-order valence-corrected chi connectivity index (χ4v) is 2.75. The monoisotopic (exact) mass is 407 g/mol. The number of hydrogen-bond donors (Lipinski definition) is 2. The average molecular weight is 408 g/mol. The second kappa shape index (κ2) is 13.9. The molecule has 5 nitrogen and oxygen atoms in total. The Morgan fingerprint density at radius 3 is 2.04 bits per heavy atom. The quantitative estimate of drug-likeness (QED) is 0.489. The highest BCUT2D eigenvalue weighted by Gasteiger charge is 1.99. The molecule has 0 unspecified atom stereocenters. The number of ether oxygens (including phenoxy) is 2. The summed E-state index contributed by atoms with van der Waals surface area (Å²) in [7, 11) is 1.67. The Morgan fingerprint density at radius 2 is 1.46 bits per heavy atom. The molecule has 0 amide bonds. The Balaban J connectivity index is 0.00000392. The molecular formula is C22H30ClNO4. The topological polar surface area (TPSA) is 67.8 Å². The van der Waals surface area contributed by atoms with Gasteiger partial charge in [-0.25, -0.2) is 0 Å². The van der Waals surface area contributed by atoms with Crippen LogP contribution in [0, 0.1) is 0 Å². The van der Waals surface area contributed by atoms with Crippen LogP contribution in [0.3, 0.4) is 0 Å². The standard InChI is InChI=1S/C22H29NO4.ClH/c1-26-20-10-6-19(7-11-20)5-3-17-27-21-12-8-18(9-13-21)4-2-15-23-16-14-22(24)25;/h6-13,23H,2-5,14-17H2,1H3,(H,24,25);1H. The average Bonchev–Trinajstić information content (AvgIpc) is 2.69. The largest absolute Gasteiger partial charge is 0.497 e. The van der Waals surface area contributed by atoms with Crippen molar-refractivity contribution in [2.75, 3.05) is 26.8 Å².